The molecule has 0 bridgehead atoms. The van der Waals surface area contributed by atoms with Gasteiger partial charge in [0.25, 0.3) is 0 Å². The molecule has 10 heteroatoms. The van der Waals surface area contributed by atoms with Gasteiger partial charge in [0.1, 0.15) is 18.1 Å². The maximum Gasteiger partial charge on any atom is 0.237 e. The number of hydrogen-bond acceptors (Lipinski definition) is 8. The third-order valence-electron chi connectivity index (χ3n) is 4.98. The number of ether oxygens (including phenoxy) is 2. The van der Waals surface area contributed by atoms with Crippen LogP contribution in [0.15, 0.2) is 58.2 Å². The Morgan fingerprint density at radius 3 is 2.66 bits per heavy atom. The molecule has 0 atom stereocenters. The van der Waals surface area contributed by atoms with Crippen LogP contribution in [-0.2, 0) is 12.4 Å². The minimum absolute atomic E-state index is 0.298. The van der Waals surface area contributed by atoms with Gasteiger partial charge in [0.05, 0.1) is 23.4 Å². The van der Waals surface area contributed by atoms with Gasteiger partial charge in [-0.2, -0.15) is 4.98 Å². The highest BCUT2D eigenvalue weighted by Crippen LogP contribution is 2.39. The van der Waals surface area contributed by atoms with Gasteiger partial charge in [-0.25, -0.2) is 0 Å². The van der Waals surface area contributed by atoms with E-state index in [1.54, 1.807) is 13.2 Å². The van der Waals surface area contributed by atoms with Crippen molar-refractivity contribution in [1.29, 1.82) is 0 Å². The van der Waals surface area contributed by atoms with Crippen molar-refractivity contribution >= 4 is 23.4 Å². The molecule has 4 aromatic rings. The van der Waals surface area contributed by atoms with E-state index in [4.69, 9.17) is 25.6 Å². The Labute approximate surface area is 193 Å². The molecule has 2 aromatic carbocycles. The number of halogens is 1. The molecule has 0 saturated heterocycles. The number of para-hydroxylation sites is 2. The fraction of sp³-hybridized carbons (Fsp3) is 0.273. The van der Waals surface area contributed by atoms with Crippen molar-refractivity contribution in [1.82, 2.24) is 24.9 Å². The number of rotatable bonds is 9. The van der Waals surface area contributed by atoms with Gasteiger partial charge in [-0.1, -0.05) is 52.8 Å². The van der Waals surface area contributed by atoms with Crippen LogP contribution in [0.4, 0.5) is 0 Å². The summed E-state index contributed by atoms with van der Waals surface area (Å²) in [6, 6.07) is 15.4. The van der Waals surface area contributed by atoms with Gasteiger partial charge in [0.2, 0.25) is 11.7 Å². The third-order valence-corrected chi connectivity index (χ3v) is 6.22. The Morgan fingerprint density at radius 2 is 1.88 bits per heavy atom. The van der Waals surface area contributed by atoms with Crippen molar-refractivity contribution in [3.8, 4) is 22.9 Å². The molecule has 1 aliphatic rings. The number of hydrogen-bond donors (Lipinski definition) is 0. The van der Waals surface area contributed by atoms with Crippen LogP contribution in [0.3, 0.4) is 0 Å². The number of methoxy groups -OCH3 is 1. The Balaban J connectivity index is 1.28. The molecule has 0 aliphatic heterocycles. The van der Waals surface area contributed by atoms with Crippen LogP contribution in [-0.4, -0.2) is 32.0 Å². The molecule has 0 unspecified atom stereocenters. The molecule has 0 N–H and O–H groups in total. The monoisotopic (exact) mass is 469 g/mol. The van der Waals surface area contributed by atoms with E-state index in [0.717, 1.165) is 29.4 Å². The summed E-state index contributed by atoms with van der Waals surface area (Å²) in [6.07, 6.45) is 2.20. The van der Waals surface area contributed by atoms with E-state index in [-0.39, 0.29) is 0 Å². The highest BCUT2D eigenvalue weighted by molar-refractivity contribution is 7.98. The first-order valence-corrected chi connectivity index (χ1v) is 11.5. The molecule has 8 nitrogen and oxygen atoms in total. The zero-order valence-electron chi connectivity index (χ0n) is 17.3. The molecule has 1 saturated carbocycles. The largest absolute Gasteiger partial charge is 0.496 e. The van der Waals surface area contributed by atoms with Crippen LogP contribution < -0.4 is 9.47 Å². The van der Waals surface area contributed by atoms with E-state index in [2.05, 4.69) is 24.9 Å². The molecular weight excluding hydrogens is 450 g/mol. The molecule has 1 fully saturated rings. The lowest BCUT2D eigenvalue weighted by atomic mass is 10.2. The zero-order valence-corrected chi connectivity index (χ0v) is 18.8. The zero-order chi connectivity index (χ0) is 21.9. The number of aromatic nitrogens is 5. The second kappa shape index (κ2) is 9.22. The first-order valence-electron chi connectivity index (χ1n) is 10.1. The second-order valence-corrected chi connectivity index (χ2v) is 8.57. The minimum Gasteiger partial charge on any atom is -0.496 e. The van der Waals surface area contributed by atoms with Gasteiger partial charge in [-0.3, -0.25) is 4.57 Å². The summed E-state index contributed by atoms with van der Waals surface area (Å²) in [5.74, 6) is 3.59. The third kappa shape index (κ3) is 4.44. The maximum atomic E-state index is 6.19. The lowest BCUT2D eigenvalue weighted by Crippen LogP contribution is -2.07. The topological polar surface area (TPSA) is 88.1 Å². The van der Waals surface area contributed by atoms with Crippen molar-refractivity contribution in [2.75, 3.05) is 7.11 Å². The summed E-state index contributed by atoms with van der Waals surface area (Å²) in [5.41, 5.74) is 0.787. The average molecular weight is 470 g/mol. The van der Waals surface area contributed by atoms with Gasteiger partial charge >= 0.3 is 0 Å². The summed E-state index contributed by atoms with van der Waals surface area (Å²) in [7, 11) is 1.62. The first kappa shape index (κ1) is 20.8. The fourth-order valence-corrected chi connectivity index (χ4v) is 4.34. The lowest BCUT2D eigenvalue weighted by molar-refractivity contribution is 0.288. The predicted molar refractivity (Wildman–Crippen MR) is 120 cm³/mol. The SMILES string of the molecule is COc1ccccc1-c1noc(CSc2nnc(COc3ccccc3Cl)n2C2CC2)n1. The van der Waals surface area contributed by atoms with Gasteiger partial charge in [0, 0.05) is 6.04 Å². The molecule has 0 spiro atoms. The normalized spacial score (nSPS) is 13.3. The Kier molecular flexibility index (Phi) is 6.00. The van der Waals surface area contributed by atoms with Crippen LogP contribution in [0.5, 0.6) is 11.5 Å². The van der Waals surface area contributed by atoms with Crippen molar-refractivity contribution in [2.24, 2.45) is 0 Å². The fourth-order valence-electron chi connectivity index (χ4n) is 3.29. The molecule has 5 rings (SSSR count). The highest BCUT2D eigenvalue weighted by atomic mass is 35.5. The van der Waals surface area contributed by atoms with E-state index in [0.29, 0.717) is 46.6 Å². The quantitative estimate of drug-likeness (QED) is 0.309. The van der Waals surface area contributed by atoms with Crippen molar-refractivity contribution in [3.63, 3.8) is 0 Å². The number of nitrogens with zero attached hydrogens (tertiary/aromatic N) is 5. The van der Waals surface area contributed by atoms with E-state index >= 15 is 0 Å². The maximum absolute atomic E-state index is 6.19. The molecule has 2 aromatic heterocycles. The molecule has 2 heterocycles. The van der Waals surface area contributed by atoms with Gasteiger partial charge in [-0.05, 0) is 37.1 Å². The van der Waals surface area contributed by atoms with Crippen molar-refractivity contribution in [3.05, 3.63) is 65.3 Å². The second-order valence-electron chi connectivity index (χ2n) is 7.22. The van der Waals surface area contributed by atoms with Crippen LogP contribution in [0.25, 0.3) is 11.4 Å². The summed E-state index contributed by atoms with van der Waals surface area (Å²) >= 11 is 7.70. The molecule has 164 valence electrons. The van der Waals surface area contributed by atoms with Gasteiger partial charge in [-0.15, -0.1) is 10.2 Å². The van der Waals surface area contributed by atoms with Crippen LogP contribution in [0.1, 0.15) is 30.6 Å². The summed E-state index contributed by atoms with van der Waals surface area (Å²) < 4.78 is 18.8. The van der Waals surface area contributed by atoms with Crippen LogP contribution >= 0.6 is 23.4 Å². The smallest absolute Gasteiger partial charge is 0.237 e. The Bertz CT molecular complexity index is 1220. The lowest BCUT2D eigenvalue weighted by Gasteiger charge is -2.10. The minimum atomic E-state index is 0.298. The molecule has 0 radical (unpaired) electrons. The highest BCUT2D eigenvalue weighted by Gasteiger charge is 2.30. The average Bonchev–Trinajstić information content (AvgIpc) is 3.40. The van der Waals surface area contributed by atoms with Crippen molar-refractivity contribution in [2.45, 2.75) is 36.4 Å². The summed E-state index contributed by atoms with van der Waals surface area (Å²) in [5, 5.41) is 14.2. The first-order chi connectivity index (χ1) is 15.7. The molecule has 0 amide bonds. The van der Waals surface area contributed by atoms with Crippen LogP contribution in [0, 0.1) is 0 Å². The number of benzene rings is 2. The van der Waals surface area contributed by atoms with Gasteiger partial charge < -0.3 is 14.0 Å². The Hall–Kier alpha value is -3.04. The summed E-state index contributed by atoms with van der Waals surface area (Å²) in [6.45, 7) is 0.298. The van der Waals surface area contributed by atoms with Gasteiger partial charge in [0.15, 0.2) is 11.0 Å². The summed E-state index contributed by atoms with van der Waals surface area (Å²) in [4.78, 5) is 4.51. The van der Waals surface area contributed by atoms with E-state index in [1.807, 2.05) is 42.5 Å². The standard InChI is InChI=1S/C22H20ClN5O3S/c1-29-17-8-4-2-6-15(17)21-24-20(31-27-21)13-32-22-26-25-19(28(22)14-10-11-14)12-30-18-9-5-3-7-16(18)23/h2-9,14H,10-13H2,1H3. The van der Waals surface area contributed by atoms with E-state index < -0.39 is 0 Å². The van der Waals surface area contributed by atoms with E-state index in [9.17, 15) is 0 Å². The molecule has 1 aliphatic carbocycles. The molecular formula is C22H20ClN5O3S. The predicted octanol–water partition coefficient (Wildman–Crippen LogP) is 5.20. The van der Waals surface area contributed by atoms with Crippen LogP contribution in [0.2, 0.25) is 5.02 Å². The Morgan fingerprint density at radius 1 is 1.09 bits per heavy atom. The number of thioether (sulfide) groups is 1. The van der Waals surface area contributed by atoms with Crippen molar-refractivity contribution < 1.29 is 14.0 Å². The van der Waals surface area contributed by atoms with E-state index in [1.165, 1.54) is 11.8 Å². The molecule has 32 heavy (non-hydrogen) atoms.